The first-order chi connectivity index (χ1) is 61.1. The van der Waals surface area contributed by atoms with Crippen LogP contribution in [0.25, 0.3) is 10.9 Å². The number of guanidine groups is 1. The molecule has 0 radical (unpaired) electrons. The van der Waals surface area contributed by atoms with Crippen LogP contribution in [0.5, 0.6) is 0 Å². The summed E-state index contributed by atoms with van der Waals surface area (Å²) < 4.78 is 0. The van der Waals surface area contributed by atoms with Gasteiger partial charge in [-0.25, -0.2) is 0 Å². The van der Waals surface area contributed by atoms with Crippen molar-refractivity contribution in [1.29, 1.82) is 0 Å². The topological polar surface area (TPSA) is 704 Å². The van der Waals surface area contributed by atoms with E-state index in [1.807, 2.05) is 38.1 Å². The van der Waals surface area contributed by atoms with Crippen molar-refractivity contribution in [3.63, 3.8) is 0 Å². The first-order valence-corrected chi connectivity index (χ1v) is 45.1. The standard InChI is InChI=1S/C88H149N25O16/c1-12-53(10)73(86(128)100-48-71(115)101-54(11)75(117)112-72(52(8)9)87(129)111-66(43-51(6)7)82(124)110-69(46-70(94)114)85(127)105-63(35-26-40-98-88(96)97)78(120)106-64(74(95)116)41-49(2)3)113-80(122)62(34-21-25-39-92)102-77(119)60(32-19-23-37-90)103-83(125)67(44-55-27-14-13-15-28-55)109-81(123)65(42-50(4)5)108-79(121)61(33-20-24-38-91)104-84(126)68(107-76(118)58(93)30-18-22-36-89)45-56-47-99-59-31-17-16-29-57(56)59/h13-17,27-29,31,47,49-54,58,60-69,72-73,99H,12,18-26,30,32-46,48,89-93H2,1-11H3,(H2,94,114)(H2,95,116)(H,100,128)(H,101,115)(H,102,119)(H,103,125)(H,104,126)(H,105,127)(H,106,120)(H,107,118)(H,108,121)(H,109,123)(H,110,124)(H,111,129)(H,112,117)(H,113,122)(H4,96,97,98)/t53-,54-,58-,60-,61-,62-,63-,64-,65-,66-,67-,68-,69-,72-,73-/m0/s1. The first kappa shape index (κ1) is 112. The normalized spacial score (nSPS) is 14.9. The molecule has 41 nitrogen and oxygen atoms in total. The van der Waals surface area contributed by atoms with E-state index < -0.39 is 204 Å². The molecule has 0 fully saturated rings. The van der Waals surface area contributed by atoms with Crippen LogP contribution in [0, 0.1) is 29.6 Å². The molecule has 0 spiro atoms. The highest BCUT2D eigenvalue weighted by molar-refractivity contribution is 6.01. The van der Waals surface area contributed by atoms with Crippen LogP contribution >= 0.6 is 0 Å². The summed E-state index contributed by atoms with van der Waals surface area (Å²) in [5.41, 5.74) is 54.0. The summed E-state index contributed by atoms with van der Waals surface area (Å²) in [6.07, 6.45) is 5.28. The molecule has 3 aromatic rings. The van der Waals surface area contributed by atoms with Gasteiger partial charge >= 0.3 is 0 Å². The van der Waals surface area contributed by atoms with Gasteiger partial charge in [0, 0.05) is 36.5 Å². The number of primary amides is 2. The second-order valence-electron chi connectivity index (χ2n) is 34.6. The molecule has 16 amide bonds. The minimum absolute atomic E-state index is 0.000414. The van der Waals surface area contributed by atoms with Gasteiger partial charge in [-0.3, -0.25) is 81.7 Å². The number of unbranched alkanes of at least 4 members (excludes halogenated alkanes) is 4. The lowest BCUT2D eigenvalue weighted by atomic mass is 9.97. The molecule has 0 saturated carbocycles. The van der Waals surface area contributed by atoms with Crippen molar-refractivity contribution in [2.24, 2.45) is 86.2 Å². The maximum atomic E-state index is 15.0. The SMILES string of the molecule is CC[C@H](C)[C@H](NC(=O)[C@H](CCCCN)NC(=O)[C@H](CCCCN)NC(=O)[C@H](Cc1ccccc1)NC(=O)[C@H](CC(C)C)NC(=O)[C@H](CCCCN)NC(=O)[C@H](Cc1c[nH]c2ccccc12)NC(=O)[C@@H](N)CCCCN)C(=O)NCC(=O)N[C@@H](C)C(=O)N[C@H](C(=O)N[C@@H](CC(C)C)C(=O)N[C@@H](CC(N)=O)C(=O)N[C@@H](CCCN=C(N)N)C(=O)N[C@@H](CC(C)C)C(N)=O)C(C)C. The lowest BCUT2D eigenvalue weighted by Crippen LogP contribution is -2.61. The molecule has 722 valence electrons. The van der Waals surface area contributed by atoms with Crippen molar-refractivity contribution < 1.29 is 76.7 Å². The maximum Gasteiger partial charge on any atom is 0.243 e. The number of aromatic amines is 1. The van der Waals surface area contributed by atoms with Gasteiger partial charge in [0.1, 0.15) is 78.5 Å². The van der Waals surface area contributed by atoms with Gasteiger partial charge in [0.25, 0.3) is 0 Å². The minimum atomic E-state index is -1.71. The van der Waals surface area contributed by atoms with E-state index in [-0.39, 0.29) is 114 Å². The fraction of sp³-hybridized carbons (Fsp3) is 0.648. The number of H-pyrrole nitrogens is 1. The van der Waals surface area contributed by atoms with Crippen molar-refractivity contribution in [2.75, 3.05) is 39.3 Å². The highest BCUT2D eigenvalue weighted by atomic mass is 16.2. The number of amides is 16. The van der Waals surface area contributed by atoms with Crippen LogP contribution in [0.3, 0.4) is 0 Å². The highest BCUT2D eigenvalue weighted by Gasteiger charge is 2.39. The van der Waals surface area contributed by atoms with Crippen LogP contribution in [-0.4, -0.2) is 229 Å². The number of carbonyl (C=O) groups is 16. The van der Waals surface area contributed by atoms with Gasteiger partial charge in [-0.1, -0.05) is 131 Å². The zero-order valence-corrected chi connectivity index (χ0v) is 77.0. The molecule has 33 N–H and O–H groups in total. The molecule has 0 bridgehead atoms. The molecule has 15 atom stereocenters. The number of para-hydroxylation sites is 1. The lowest BCUT2D eigenvalue weighted by Gasteiger charge is -2.29. The smallest absolute Gasteiger partial charge is 0.243 e. The Morgan fingerprint density at radius 1 is 0.380 bits per heavy atom. The predicted octanol–water partition coefficient (Wildman–Crippen LogP) is -2.51. The third-order valence-corrected chi connectivity index (χ3v) is 21.6. The number of nitrogens with zero attached hydrogens (tertiary/aromatic N) is 1. The second kappa shape index (κ2) is 59.6. The number of aliphatic imine (C=N–C) groups is 1. The second-order valence-corrected chi connectivity index (χ2v) is 34.6. The number of nitrogens with one attached hydrogen (secondary N) is 15. The van der Waals surface area contributed by atoms with Crippen LogP contribution in [0.1, 0.15) is 209 Å². The Morgan fingerprint density at radius 3 is 1.23 bits per heavy atom. The quantitative estimate of drug-likeness (QED) is 0.0158. The summed E-state index contributed by atoms with van der Waals surface area (Å²) in [6.45, 7) is 19.1. The fourth-order valence-corrected chi connectivity index (χ4v) is 14.1. The summed E-state index contributed by atoms with van der Waals surface area (Å²) in [4.78, 5) is 232. The van der Waals surface area contributed by atoms with Gasteiger partial charge in [0.15, 0.2) is 5.96 Å². The van der Waals surface area contributed by atoms with Gasteiger partial charge < -0.3 is 131 Å². The van der Waals surface area contributed by atoms with E-state index in [1.165, 1.54) is 6.92 Å². The molecular weight excluding hydrogens is 1660 g/mol. The number of rotatable bonds is 64. The molecule has 0 saturated heterocycles. The molecule has 1 heterocycles. The Kier molecular flexibility index (Phi) is 51.7. The number of hydrogen-bond donors (Lipinski definition) is 24. The molecular formula is C88H149N25O16. The molecule has 1 aromatic heterocycles. The van der Waals surface area contributed by atoms with E-state index in [4.69, 9.17) is 51.6 Å². The Bertz CT molecular complexity index is 4120. The number of benzene rings is 2. The van der Waals surface area contributed by atoms with Gasteiger partial charge in [-0.2, -0.15) is 0 Å². The van der Waals surface area contributed by atoms with Gasteiger partial charge in [-0.05, 0) is 183 Å². The number of aromatic nitrogens is 1. The fourth-order valence-electron chi connectivity index (χ4n) is 14.1. The third-order valence-electron chi connectivity index (χ3n) is 21.6. The van der Waals surface area contributed by atoms with E-state index in [0.29, 0.717) is 81.9 Å². The Labute approximate surface area is 757 Å². The molecule has 0 aliphatic heterocycles. The summed E-state index contributed by atoms with van der Waals surface area (Å²) in [5.74, 6) is -15.4. The van der Waals surface area contributed by atoms with Crippen molar-refractivity contribution in [2.45, 2.75) is 296 Å². The largest absolute Gasteiger partial charge is 0.370 e. The van der Waals surface area contributed by atoms with E-state index in [0.717, 1.165) is 10.9 Å². The molecule has 0 aliphatic carbocycles. The van der Waals surface area contributed by atoms with Crippen molar-refractivity contribution in [3.05, 3.63) is 71.9 Å². The molecule has 129 heavy (non-hydrogen) atoms. The average molecular weight is 1810 g/mol. The van der Waals surface area contributed by atoms with Crippen LogP contribution in [0.4, 0.5) is 0 Å². The molecule has 41 heteroatoms. The maximum absolute atomic E-state index is 15.0. The van der Waals surface area contributed by atoms with Crippen molar-refractivity contribution in [3.8, 4) is 0 Å². The zero-order chi connectivity index (χ0) is 96.6. The van der Waals surface area contributed by atoms with Crippen molar-refractivity contribution in [1.82, 2.24) is 79.4 Å². The predicted molar refractivity (Wildman–Crippen MR) is 491 cm³/mol. The monoisotopic (exact) mass is 1810 g/mol. The first-order valence-electron chi connectivity index (χ1n) is 45.1. The minimum Gasteiger partial charge on any atom is -0.370 e. The summed E-state index contributed by atoms with van der Waals surface area (Å²) in [7, 11) is 0. The van der Waals surface area contributed by atoms with E-state index in [1.54, 1.807) is 91.9 Å². The van der Waals surface area contributed by atoms with E-state index in [9.17, 15) is 71.9 Å². The molecule has 0 unspecified atom stereocenters. The van der Waals surface area contributed by atoms with E-state index in [2.05, 4.69) is 84.4 Å². The van der Waals surface area contributed by atoms with Gasteiger partial charge in [0.05, 0.1) is 19.0 Å². The zero-order valence-electron chi connectivity index (χ0n) is 77.0. The Morgan fingerprint density at radius 2 is 0.767 bits per heavy atom. The van der Waals surface area contributed by atoms with Crippen LogP contribution < -0.4 is 126 Å². The molecule has 0 aliphatic rings. The number of fused-ring (bicyclic) bond motifs is 1. The Balaban J connectivity index is 1.88. The van der Waals surface area contributed by atoms with Crippen molar-refractivity contribution >= 4 is 111 Å². The van der Waals surface area contributed by atoms with Crippen LogP contribution in [-0.2, 0) is 89.6 Å². The molecule has 3 rings (SSSR count). The highest BCUT2D eigenvalue weighted by Crippen LogP contribution is 2.22. The van der Waals surface area contributed by atoms with Crippen LogP contribution in [0.15, 0.2) is 65.8 Å². The number of hydrogen-bond acceptors (Lipinski definition) is 22. The molecule has 2 aromatic carbocycles. The average Bonchev–Trinajstić information content (AvgIpc) is 1.67. The van der Waals surface area contributed by atoms with E-state index >= 15 is 4.79 Å². The summed E-state index contributed by atoms with van der Waals surface area (Å²) in [5, 5.41) is 38.3. The number of carbonyl (C=O) groups excluding carboxylic acids is 16. The number of nitrogens with two attached hydrogens (primary N) is 9. The summed E-state index contributed by atoms with van der Waals surface area (Å²) in [6, 6.07) is -2.38. The Hall–Kier alpha value is -11.4. The van der Waals surface area contributed by atoms with Gasteiger partial charge in [-0.15, -0.1) is 0 Å². The van der Waals surface area contributed by atoms with Gasteiger partial charge in [0.2, 0.25) is 94.5 Å². The third kappa shape index (κ3) is 42.1. The summed E-state index contributed by atoms with van der Waals surface area (Å²) >= 11 is 0. The van der Waals surface area contributed by atoms with Crippen LogP contribution in [0.2, 0.25) is 0 Å². The lowest BCUT2D eigenvalue weighted by molar-refractivity contribution is -0.136.